The summed E-state index contributed by atoms with van der Waals surface area (Å²) in [6.07, 6.45) is 0. The van der Waals surface area contributed by atoms with E-state index in [0.29, 0.717) is 18.0 Å². The Kier molecular flexibility index (Phi) is 10.8. The topological polar surface area (TPSA) is 96.0 Å². The lowest BCUT2D eigenvalue weighted by Gasteiger charge is -2.32. The van der Waals surface area contributed by atoms with Gasteiger partial charge in [0, 0.05) is 16.7 Å². The summed E-state index contributed by atoms with van der Waals surface area (Å²) in [5.41, 5.74) is 1.10. The fraction of sp³-hybridized carbons (Fsp3) is 0.310. The third-order valence-electron chi connectivity index (χ3n) is 6.06. The van der Waals surface area contributed by atoms with E-state index in [-0.39, 0.29) is 23.3 Å². The van der Waals surface area contributed by atoms with Gasteiger partial charge >= 0.3 is 0 Å². The van der Waals surface area contributed by atoms with Crippen LogP contribution in [0.4, 0.5) is 5.69 Å². The molecule has 1 atom stereocenters. The summed E-state index contributed by atoms with van der Waals surface area (Å²) in [7, 11) is -2.53. The zero-order chi connectivity index (χ0) is 28.6. The molecule has 0 aliphatic rings. The fourth-order valence-electron chi connectivity index (χ4n) is 3.86. The third kappa shape index (κ3) is 8.18. The monoisotopic (exact) mass is 663 g/mol. The predicted molar refractivity (Wildman–Crippen MR) is 161 cm³/mol. The minimum atomic E-state index is -4.08. The molecule has 39 heavy (non-hydrogen) atoms. The lowest BCUT2D eigenvalue weighted by Crippen LogP contribution is -2.51. The Balaban J connectivity index is 2.00. The van der Waals surface area contributed by atoms with Crippen molar-refractivity contribution in [1.82, 2.24) is 10.2 Å². The number of anilines is 1. The number of hydrogen-bond donors (Lipinski definition) is 1. The molecule has 0 aliphatic carbocycles. The van der Waals surface area contributed by atoms with Crippen LogP contribution in [-0.2, 0) is 26.2 Å². The van der Waals surface area contributed by atoms with Gasteiger partial charge in [0.05, 0.1) is 17.7 Å². The van der Waals surface area contributed by atoms with Gasteiger partial charge in [-0.1, -0.05) is 44.2 Å². The van der Waals surface area contributed by atoms with Crippen molar-refractivity contribution in [1.29, 1.82) is 0 Å². The molecule has 10 heteroatoms. The van der Waals surface area contributed by atoms with Crippen molar-refractivity contribution in [2.24, 2.45) is 5.92 Å². The van der Waals surface area contributed by atoms with E-state index in [9.17, 15) is 18.0 Å². The summed E-state index contributed by atoms with van der Waals surface area (Å²) in [5, 5.41) is 2.88. The highest BCUT2D eigenvalue weighted by Crippen LogP contribution is 2.25. The van der Waals surface area contributed by atoms with Gasteiger partial charge < -0.3 is 15.0 Å². The number of nitrogens with zero attached hydrogens (tertiary/aromatic N) is 2. The van der Waals surface area contributed by atoms with Crippen molar-refractivity contribution in [2.45, 2.75) is 38.3 Å². The molecule has 3 aromatic rings. The smallest absolute Gasteiger partial charge is 0.264 e. The fourth-order valence-corrected chi connectivity index (χ4v) is 5.65. The minimum Gasteiger partial charge on any atom is -0.497 e. The van der Waals surface area contributed by atoms with Gasteiger partial charge in [0.1, 0.15) is 18.3 Å². The average Bonchev–Trinajstić information content (AvgIpc) is 2.93. The van der Waals surface area contributed by atoms with Gasteiger partial charge in [0.2, 0.25) is 11.8 Å². The van der Waals surface area contributed by atoms with Crippen molar-refractivity contribution in [3.8, 4) is 5.75 Å². The highest BCUT2D eigenvalue weighted by atomic mass is 127. The van der Waals surface area contributed by atoms with Crippen LogP contribution in [0.25, 0.3) is 0 Å². The molecular formula is C29H34IN3O5S. The van der Waals surface area contributed by atoms with Crippen LogP contribution in [0.2, 0.25) is 0 Å². The van der Waals surface area contributed by atoms with Gasteiger partial charge in [0.25, 0.3) is 10.0 Å². The maximum Gasteiger partial charge on any atom is 0.264 e. The molecule has 0 heterocycles. The largest absolute Gasteiger partial charge is 0.497 e. The van der Waals surface area contributed by atoms with Gasteiger partial charge in [-0.3, -0.25) is 13.9 Å². The first-order chi connectivity index (χ1) is 18.5. The van der Waals surface area contributed by atoms with Crippen LogP contribution >= 0.6 is 22.6 Å². The maximum atomic E-state index is 13.9. The minimum absolute atomic E-state index is 0.0680. The summed E-state index contributed by atoms with van der Waals surface area (Å²) in [6.45, 7) is 5.69. The Labute approximate surface area is 244 Å². The summed E-state index contributed by atoms with van der Waals surface area (Å²) >= 11 is 2.14. The molecule has 0 bridgehead atoms. The molecule has 3 rings (SSSR count). The van der Waals surface area contributed by atoms with Crippen molar-refractivity contribution in [3.05, 3.63) is 88.0 Å². The van der Waals surface area contributed by atoms with Crippen molar-refractivity contribution < 1.29 is 22.7 Å². The zero-order valence-corrected chi connectivity index (χ0v) is 25.5. The molecule has 8 nitrogen and oxygen atoms in total. The number of nitrogens with one attached hydrogen (secondary N) is 1. The van der Waals surface area contributed by atoms with Crippen LogP contribution in [0.3, 0.4) is 0 Å². The van der Waals surface area contributed by atoms with Crippen molar-refractivity contribution in [3.63, 3.8) is 0 Å². The van der Waals surface area contributed by atoms with Crippen molar-refractivity contribution in [2.75, 3.05) is 24.5 Å². The molecule has 0 saturated heterocycles. The second-order valence-electron chi connectivity index (χ2n) is 9.49. The number of amides is 2. The van der Waals surface area contributed by atoms with Crippen molar-refractivity contribution >= 4 is 50.1 Å². The van der Waals surface area contributed by atoms with E-state index in [1.807, 2.05) is 19.9 Å². The second-order valence-corrected chi connectivity index (χ2v) is 12.6. The Morgan fingerprint density at radius 2 is 1.62 bits per heavy atom. The summed E-state index contributed by atoms with van der Waals surface area (Å²) in [4.78, 5) is 28.5. The van der Waals surface area contributed by atoms with Crippen LogP contribution in [0.1, 0.15) is 26.3 Å². The molecule has 0 radical (unpaired) electrons. The average molecular weight is 664 g/mol. The maximum absolute atomic E-state index is 13.9. The van der Waals surface area contributed by atoms with Gasteiger partial charge in [-0.25, -0.2) is 8.42 Å². The van der Waals surface area contributed by atoms with E-state index in [1.165, 1.54) is 17.0 Å². The Bertz CT molecular complexity index is 1370. The molecular weight excluding hydrogens is 629 g/mol. The SMILES string of the molecule is COc1cccc(CN(C(=O)CN(c2ccc(I)cc2)S(=O)(=O)c2ccccc2)C(C)C(=O)NCC(C)C)c1. The number of methoxy groups -OCH3 is 1. The molecule has 208 valence electrons. The van der Waals surface area contributed by atoms with Gasteiger partial charge in [-0.05, 0) is 89.5 Å². The number of ether oxygens (including phenoxy) is 1. The normalized spacial score (nSPS) is 12.1. The van der Waals surface area contributed by atoms with Crippen LogP contribution < -0.4 is 14.4 Å². The quantitative estimate of drug-likeness (QED) is 0.284. The Hall–Kier alpha value is -3.12. The van der Waals surface area contributed by atoms with E-state index in [0.717, 1.165) is 13.4 Å². The van der Waals surface area contributed by atoms with Gasteiger partial charge in [-0.15, -0.1) is 0 Å². The van der Waals surface area contributed by atoms with E-state index < -0.39 is 28.5 Å². The van der Waals surface area contributed by atoms with Crippen LogP contribution in [0.5, 0.6) is 5.75 Å². The zero-order valence-electron chi connectivity index (χ0n) is 22.5. The molecule has 0 aliphatic heterocycles. The lowest BCUT2D eigenvalue weighted by molar-refractivity contribution is -0.139. The first kappa shape index (κ1) is 30.4. The summed E-state index contributed by atoms with van der Waals surface area (Å²) in [6, 6.07) is 21.3. The first-order valence-electron chi connectivity index (χ1n) is 12.6. The molecule has 0 aromatic heterocycles. The third-order valence-corrected chi connectivity index (χ3v) is 8.57. The van der Waals surface area contributed by atoms with E-state index in [2.05, 4.69) is 27.9 Å². The number of carbonyl (C=O) groups excluding carboxylic acids is 2. The van der Waals surface area contributed by atoms with Crippen LogP contribution in [0, 0.1) is 9.49 Å². The molecule has 2 amide bonds. The predicted octanol–water partition coefficient (Wildman–Crippen LogP) is 4.68. The Morgan fingerprint density at radius 3 is 2.23 bits per heavy atom. The molecule has 1 unspecified atom stereocenters. The molecule has 0 spiro atoms. The van der Waals surface area contributed by atoms with Gasteiger partial charge in [0.15, 0.2) is 0 Å². The summed E-state index contributed by atoms with van der Waals surface area (Å²) < 4.78 is 34.9. The number of carbonyl (C=O) groups is 2. The standard InChI is InChI=1S/C29H34IN3O5S/c1-21(2)18-31-29(35)22(3)32(19-23-9-8-10-26(17-23)38-4)28(34)20-33(25-15-13-24(30)14-16-25)39(36,37)27-11-6-5-7-12-27/h5-17,21-22H,18-20H2,1-4H3,(H,31,35). The molecule has 1 N–H and O–H groups in total. The number of hydrogen-bond acceptors (Lipinski definition) is 5. The molecule has 0 fully saturated rings. The number of halogens is 1. The van der Waals surface area contributed by atoms with Gasteiger partial charge in [-0.2, -0.15) is 0 Å². The highest BCUT2D eigenvalue weighted by Gasteiger charge is 2.32. The second kappa shape index (κ2) is 13.8. The van der Waals surface area contributed by atoms with Crippen LogP contribution in [0.15, 0.2) is 83.8 Å². The first-order valence-corrected chi connectivity index (χ1v) is 15.1. The highest BCUT2D eigenvalue weighted by molar-refractivity contribution is 14.1. The van der Waals surface area contributed by atoms with Crippen LogP contribution in [-0.4, -0.2) is 51.4 Å². The van der Waals surface area contributed by atoms with E-state index in [1.54, 1.807) is 74.7 Å². The Morgan fingerprint density at radius 1 is 0.949 bits per heavy atom. The number of rotatable bonds is 12. The van der Waals surface area contributed by atoms with E-state index >= 15 is 0 Å². The number of sulfonamides is 1. The lowest BCUT2D eigenvalue weighted by atomic mass is 10.1. The summed E-state index contributed by atoms with van der Waals surface area (Å²) in [5.74, 6) is 0.0230. The molecule has 3 aromatic carbocycles. The number of benzene rings is 3. The van der Waals surface area contributed by atoms with E-state index in [4.69, 9.17) is 4.74 Å². The molecule has 0 saturated carbocycles.